The van der Waals surface area contributed by atoms with E-state index in [9.17, 15) is 9.59 Å². The van der Waals surface area contributed by atoms with E-state index < -0.39 is 0 Å². The summed E-state index contributed by atoms with van der Waals surface area (Å²) < 4.78 is 0. The van der Waals surface area contributed by atoms with Gasteiger partial charge in [-0.25, -0.2) is 0 Å². The monoisotopic (exact) mass is 452 g/mol. The second-order valence-electron chi connectivity index (χ2n) is 7.26. The molecule has 0 aromatic heterocycles. The smallest absolute Gasteiger partial charge is 0.255 e. The van der Waals surface area contributed by atoms with Gasteiger partial charge in [-0.15, -0.1) is 11.8 Å². The van der Waals surface area contributed by atoms with Gasteiger partial charge in [0.2, 0.25) is 5.91 Å². The van der Waals surface area contributed by atoms with Crippen LogP contribution in [0.3, 0.4) is 0 Å². The Bertz CT molecular complexity index is 1100. The van der Waals surface area contributed by atoms with Crippen molar-refractivity contribution in [2.24, 2.45) is 0 Å². The van der Waals surface area contributed by atoms with Crippen LogP contribution in [0.5, 0.6) is 0 Å². The summed E-state index contributed by atoms with van der Waals surface area (Å²) in [4.78, 5) is 26.4. The molecule has 0 fully saturated rings. The maximum atomic E-state index is 12.9. The predicted octanol–water partition coefficient (Wildman–Crippen LogP) is 6.72. The molecule has 0 spiro atoms. The third-order valence-corrected chi connectivity index (χ3v) is 6.47. The van der Waals surface area contributed by atoms with E-state index >= 15 is 0 Å². The van der Waals surface area contributed by atoms with Crippen LogP contribution in [-0.2, 0) is 4.79 Å². The number of halogens is 1. The number of thioether (sulfide) groups is 1. The SMILES string of the molecule is CCC(Sc1cccc(NC(=O)c2ccccc2C)c1)C(=O)Nc1cc(Cl)ccc1C. The average Bonchev–Trinajstić information content (AvgIpc) is 2.75. The van der Waals surface area contributed by atoms with E-state index in [-0.39, 0.29) is 17.1 Å². The highest BCUT2D eigenvalue weighted by Crippen LogP contribution is 2.29. The summed E-state index contributed by atoms with van der Waals surface area (Å²) in [6.07, 6.45) is 0.663. The van der Waals surface area contributed by atoms with Crippen LogP contribution in [-0.4, -0.2) is 17.1 Å². The third kappa shape index (κ3) is 6.12. The number of benzene rings is 3. The second-order valence-corrected chi connectivity index (χ2v) is 8.97. The molecular formula is C25H25ClN2O2S. The summed E-state index contributed by atoms with van der Waals surface area (Å²) in [5.41, 5.74) is 3.93. The van der Waals surface area contributed by atoms with Gasteiger partial charge in [0.05, 0.1) is 5.25 Å². The number of rotatable bonds is 7. The maximum absolute atomic E-state index is 12.9. The van der Waals surface area contributed by atoms with Crippen molar-refractivity contribution in [2.45, 2.75) is 37.3 Å². The minimum absolute atomic E-state index is 0.0767. The van der Waals surface area contributed by atoms with Crippen molar-refractivity contribution in [3.63, 3.8) is 0 Å². The lowest BCUT2D eigenvalue weighted by atomic mass is 10.1. The van der Waals surface area contributed by atoms with Gasteiger partial charge in [0, 0.05) is 26.9 Å². The van der Waals surface area contributed by atoms with Crippen molar-refractivity contribution in [3.05, 3.63) is 88.4 Å². The summed E-state index contributed by atoms with van der Waals surface area (Å²) in [5, 5.41) is 6.23. The molecule has 2 N–H and O–H groups in total. The zero-order valence-electron chi connectivity index (χ0n) is 17.7. The van der Waals surface area contributed by atoms with E-state index in [2.05, 4.69) is 10.6 Å². The minimum atomic E-state index is -0.277. The lowest BCUT2D eigenvalue weighted by Crippen LogP contribution is -2.25. The van der Waals surface area contributed by atoms with Gasteiger partial charge < -0.3 is 10.6 Å². The van der Waals surface area contributed by atoms with Gasteiger partial charge in [0.1, 0.15) is 0 Å². The van der Waals surface area contributed by atoms with E-state index in [1.54, 1.807) is 18.2 Å². The molecule has 0 radical (unpaired) electrons. The van der Waals surface area contributed by atoms with Crippen LogP contribution in [0.2, 0.25) is 5.02 Å². The first-order valence-corrected chi connectivity index (χ1v) is 11.3. The highest BCUT2D eigenvalue weighted by atomic mass is 35.5. The summed E-state index contributed by atoms with van der Waals surface area (Å²) >= 11 is 7.54. The van der Waals surface area contributed by atoms with Gasteiger partial charge in [0.25, 0.3) is 5.91 Å². The van der Waals surface area contributed by atoms with Crippen molar-refractivity contribution >= 4 is 46.6 Å². The fourth-order valence-electron chi connectivity index (χ4n) is 3.10. The normalized spacial score (nSPS) is 11.6. The molecule has 6 heteroatoms. The maximum Gasteiger partial charge on any atom is 0.255 e. The largest absolute Gasteiger partial charge is 0.325 e. The Morgan fingerprint density at radius 1 is 0.935 bits per heavy atom. The summed E-state index contributed by atoms with van der Waals surface area (Å²) in [7, 11) is 0. The molecule has 0 saturated carbocycles. The highest BCUT2D eigenvalue weighted by Gasteiger charge is 2.19. The molecule has 3 rings (SSSR count). The van der Waals surface area contributed by atoms with Crippen molar-refractivity contribution in [1.82, 2.24) is 0 Å². The average molecular weight is 453 g/mol. The zero-order chi connectivity index (χ0) is 22.4. The number of aryl methyl sites for hydroxylation is 2. The Balaban J connectivity index is 1.69. The first kappa shape index (κ1) is 22.9. The highest BCUT2D eigenvalue weighted by molar-refractivity contribution is 8.00. The summed E-state index contributed by atoms with van der Waals surface area (Å²) in [5.74, 6) is -0.228. The Hall–Kier alpha value is -2.76. The molecule has 1 unspecified atom stereocenters. The number of anilines is 2. The standard InChI is InChI=1S/C25H25ClN2O2S/c1-4-23(25(30)28-22-14-18(26)13-12-17(22)3)31-20-10-7-9-19(15-20)27-24(29)21-11-6-5-8-16(21)2/h5-15,23H,4H2,1-3H3,(H,27,29)(H,28,30). The molecule has 0 aliphatic heterocycles. The zero-order valence-corrected chi connectivity index (χ0v) is 19.3. The van der Waals surface area contributed by atoms with Crippen molar-refractivity contribution < 1.29 is 9.59 Å². The van der Waals surface area contributed by atoms with Crippen LogP contribution in [0.4, 0.5) is 11.4 Å². The van der Waals surface area contributed by atoms with E-state index in [1.807, 2.05) is 69.3 Å². The van der Waals surface area contributed by atoms with Crippen LogP contribution in [0.15, 0.2) is 71.6 Å². The Morgan fingerprint density at radius 3 is 2.45 bits per heavy atom. The molecule has 0 aliphatic carbocycles. The Morgan fingerprint density at radius 2 is 1.71 bits per heavy atom. The van der Waals surface area contributed by atoms with E-state index in [0.717, 1.165) is 21.7 Å². The summed E-state index contributed by atoms with van der Waals surface area (Å²) in [6.45, 7) is 5.82. The Kier molecular flexibility index (Phi) is 7.77. The quantitative estimate of drug-likeness (QED) is 0.391. The van der Waals surface area contributed by atoms with Gasteiger partial charge in [-0.2, -0.15) is 0 Å². The van der Waals surface area contributed by atoms with Gasteiger partial charge >= 0.3 is 0 Å². The van der Waals surface area contributed by atoms with Gasteiger partial charge in [0.15, 0.2) is 0 Å². The Labute approximate surface area is 192 Å². The van der Waals surface area contributed by atoms with E-state index in [4.69, 9.17) is 11.6 Å². The van der Waals surface area contributed by atoms with Crippen molar-refractivity contribution in [2.75, 3.05) is 10.6 Å². The molecule has 31 heavy (non-hydrogen) atoms. The molecule has 0 heterocycles. The van der Waals surface area contributed by atoms with Crippen LogP contribution in [0.25, 0.3) is 0 Å². The van der Waals surface area contributed by atoms with Crippen molar-refractivity contribution in [3.8, 4) is 0 Å². The molecule has 3 aromatic carbocycles. The third-order valence-electron chi connectivity index (χ3n) is 4.88. The number of hydrogen-bond acceptors (Lipinski definition) is 3. The molecule has 2 amide bonds. The molecule has 4 nitrogen and oxygen atoms in total. The van der Waals surface area contributed by atoms with Gasteiger partial charge in [-0.05, 0) is 67.8 Å². The van der Waals surface area contributed by atoms with Crippen LogP contribution in [0, 0.1) is 13.8 Å². The fourth-order valence-corrected chi connectivity index (χ4v) is 4.29. The number of carbonyl (C=O) groups is 2. The van der Waals surface area contributed by atoms with Crippen molar-refractivity contribution in [1.29, 1.82) is 0 Å². The number of amides is 2. The van der Waals surface area contributed by atoms with Crippen LogP contribution < -0.4 is 10.6 Å². The molecule has 0 bridgehead atoms. The molecule has 1 atom stereocenters. The minimum Gasteiger partial charge on any atom is -0.325 e. The number of hydrogen-bond donors (Lipinski definition) is 2. The first-order valence-electron chi connectivity index (χ1n) is 10.1. The fraction of sp³-hybridized carbons (Fsp3) is 0.200. The predicted molar refractivity (Wildman–Crippen MR) is 130 cm³/mol. The lowest BCUT2D eigenvalue weighted by molar-refractivity contribution is -0.115. The molecule has 160 valence electrons. The van der Waals surface area contributed by atoms with E-state index in [1.165, 1.54) is 11.8 Å². The van der Waals surface area contributed by atoms with Crippen LogP contribution in [0.1, 0.15) is 34.8 Å². The topological polar surface area (TPSA) is 58.2 Å². The van der Waals surface area contributed by atoms with E-state index in [0.29, 0.717) is 22.7 Å². The molecule has 0 aliphatic rings. The molecule has 0 saturated heterocycles. The first-order chi connectivity index (χ1) is 14.9. The molecule has 3 aromatic rings. The van der Waals surface area contributed by atoms with Gasteiger partial charge in [-0.3, -0.25) is 9.59 Å². The molecular weight excluding hydrogens is 428 g/mol. The van der Waals surface area contributed by atoms with Crippen LogP contribution >= 0.6 is 23.4 Å². The lowest BCUT2D eigenvalue weighted by Gasteiger charge is -2.17. The number of carbonyl (C=O) groups excluding carboxylic acids is 2. The number of nitrogens with one attached hydrogen (secondary N) is 2. The van der Waals surface area contributed by atoms with Gasteiger partial charge in [-0.1, -0.05) is 48.9 Å². The summed E-state index contributed by atoms with van der Waals surface area (Å²) in [6, 6.07) is 20.5. The second kappa shape index (κ2) is 10.5.